The van der Waals surface area contributed by atoms with E-state index < -0.39 is 0 Å². The highest BCUT2D eigenvalue weighted by Crippen LogP contribution is 2.30. The van der Waals surface area contributed by atoms with Gasteiger partial charge < -0.3 is 4.74 Å². The Hall–Kier alpha value is -1.34. The molecular weight excluding hydrogens is 258 g/mol. The summed E-state index contributed by atoms with van der Waals surface area (Å²) in [5, 5.41) is 8.87. The summed E-state index contributed by atoms with van der Waals surface area (Å²) in [6.45, 7) is 3.80. The minimum Gasteiger partial charge on any atom is -0.493 e. The summed E-state index contributed by atoms with van der Waals surface area (Å²) in [5.41, 5.74) is 0.893. The zero-order valence-electron chi connectivity index (χ0n) is 8.50. The maximum absolute atomic E-state index is 11.2. The Kier molecular flexibility index (Phi) is 3.87. The first-order valence-corrected chi connectivity index (χ1v) is 5.26. The number of nitriles is 1. The van der Waals surface area contributed by atoms with Crippen molar-refractivity contribution in [1.82, 2.24) is 0 Å². The third-order valence-electron chi connectivity index (χ3n) is 1.87. The molecule has 0 radical (unpaired) electrons. The first-order valence-electron chi connectivity index (χ1n) is 4.47. The molecule has 0 saturated carbocycles. The molecule has 0 N–H and O–H groups in total. The van der Waals surface area contributed by atoms with Crippen LogP contribution >= 0.6 is 15.9 Å². The second-order valence-corrected chi connectivity index (χ2v) is 3.73. The smallest absolute Gasteiger partial charge is 0.159 e. The number of Topliss-reactive ketones (excluding diaryl/α,β-unsaturated/α-hetero) is 1. The van der Waals surface area contributed by atoms with Crippen LogP contribution in [0.2, 0.25) is 0 Å². The van der Waals surface area contributed by atoms with Gasteiger partial charge in [-0.3, -0.25) is 4.79 Å². The summed E-state index contributed by atoms with van der Waals surface area (Å²) in [5.74, 6) is 0.446. The van der Waals surface area contributed by atoms with E-state index in [1.807, 2.05) is 13.0 Å². The lowest BCUT2D eigenvalue weighted by Crippen LogP contribution is -1.99. The Morgan fingerprint density at radius 1 is 1.60 bits per heavy atom. The van der Waals surface area contributed by atoms with Crippen molar-refractivity contribution in [2.24, 2.45) is 0 Å². The second kappa shape index (κ2) is 4.94. The van der Waals surface area contributed by atoms with Crippen LogP contribution in [0.3, 0.4) is 0 Å². The molecule has 1 aromatic rings. The van der Waals surface area contributed by atoms with Crippen molar-refractivity contribution in [3.05, 3.63) is 27.7 Å². The van der Waals surface area contributed by atoms with Crippen LogP contribution in [-0.2, 0) is 0 Å². The van der Waals surface area contributed by atoms with Crippen LogP contribution in [0.25, 0.3) is 0 Å². The van der Waals surface area contributed by atoms with Gasteiger partial charge in [0.1, 0.15) is 11.8 Å². The molecule has 78 valence electrons. The molecule has 0 unspecified atom stereocenters. The average Bonchev–Trinajstić information content (AvgIpc) is 2.21. The Morgan fingerprint density at radius 3 is 2.73 bits per heavy atom. The molecule has 0 bridgehead atoms. The normalized spacial score (nSPS) is 9.47. The molecule has 0 aliphatic heterocycles. The van der Waals surface area contributed by atoms with Gasteiger partial charge in [0.15, 0.2) is 5.78 Å². The van der Waals surface area contributed by atoms with E-state index in [2.05, 4.69) is 15.9 Å². The number of carbonyl (C=O) groups is 1. The Morgan fingerprint density at radius 2 is 2.27 bits per heavy atom. The number of carbonyl (C=O) groups excluding carboxylic acids is 1. The second-order valence-electron chi connectivity index (χ2n) is 2.94. The monoisotopic (exact) mass is 267 g/mol. The number of hydrogen-bond donors (Lipinski definition) is 0. The highest BCUT2D eigenvalue weighted by Gasteiger charge is 2.11. The predicted octanol–water partition coefficient (Wildman–Crippen LogP) is 2.92. The maximum Gasteiger partial charge on any atom is 0.159 e. The zero-order valence-corrected chi connectivity index (χ0v) is 10.1. The summed E-state index contributed by atoms with van der Waals surface area (Å²) in [6, 6.07) is 5.20. The van der Waals surface area contributed by atoms with Crippen molar-refractivity contribution in [1.29, 1.82) is 5.26 Å². The minimum absolute atomic E-state index is 0.0834. The lowest BCUT2D eigenvalue weighted by Gasteiger charge is -2.08. The summed E-state index contributed by atoms with van der Waals surface area (Å²) in [7, 11) is 0. The van der Waals surface area contributed by atoms with Crippen molar-refractivity contribution < 1.29 is 9.53 Å². The van der Waals surface area contributed by atoms with E-state index in [9.17, 15) is 4.79 Å². The van der Waals surface area contributed by atoms with E-state index in [-0.39, 0.29) is 5.78 Å². The van der Waals surface area contributed by atoms with Crippen molar-refractivity contribution in [2.75, 3.05) is 6.61 Å². The molecule has 0 amide bonds. The first kappa shape index (κ1) is 11.7. The summed E-state index contributed by atoms with van der Waals surface area (Å²) in [4.78, 5) is 11.2. The SMILES string of the molecule is CCOc1cc(C(C)=O)cc(C#N)c1Br. The molecule has 0 aromatic heterocycles. The standard InChI is InChI=1S/C11H10BrNO2/c1-3-15-10-5-8(7(2)14)4-9(6-13)11(10)12/h4-5H,3H2,1-2H3. The summed E-state index contributed by atoms with van der Waals surface area (Å²) < 4.78 is 5.91. The van der Waals surface area contributed by atoms with Crippen LogP contribution in [0, 0.1) is 11.3 Å². The average molecular weight is 268 g/mol. The van der Waals surface area contributed by atoms with Crippen LogP contribution in [0.1, 0.15) is 29.8 Å². The molecule has 0 saturated heterocycles. The predicted molar refractivity (Wildman–Crippen MR) is 60.0 cm³/mol. The van der Waals surface area contributed by atoms with Crippen molar-refractivity contribution in [3.8, 4) is 11.8 Å². The van der Waals surface area contributed by atoms with Crippen LogP contribution in [0.15, 0.2) is 16.6 Å². The summed E-state index contributed by atoms with van der Waals surface area (Å²) >= 11 is 3.27. The highest BCUT2D eigenvalue weighted by atomic mass is 79.9. The third kappa shape index (κ3) is 2.57. The van der Waals surface area contributed by atoms with E-state index in [1.165, 1.54) is 6.92 Å². The highest BCUT2D eigenvalue weighted by molar-refractivity contribution is 9.10. The fraction of sp³-hybridized carbons (Fsp3) is 0.273. The van der Waals surface area contributed by atoms with Gasteiger partial charge in [-0.25, -0.2) is 0 Å². The zero-order chi connectivity index (χ0) is 11.4. The van der Waals surface area contributed by atoms with Crippen molar-refractivity contribution in [3.63, 3.8) is 0 Å². The fourth-order valence-electron chi connectivity index (χ4n) is 1.14. The Balaban J connectivity index is 3.33. The molecule has 0 aliphatic carbocycles. The lowest BCUT2D eigenvalue weighted by atomic mass is 10.1. The van der Waals surface area contributed by atoms with Crippen LogP contribution in [0.5, 0.6) is 5.75 Å². The molecule has 0 atom stereocenters. The van der Waals surface area contributed by atoms with Gasteiger partial charge in [-0.1, -0.05) is 0 Å². The number of ether oxygens (including phenoxy) is 1. The molecule has 1 rings (SSSR count). The molecule has 0 heterocycles. The van der Waals surface area contributed by atoms with Gasteiger partial charge in [-0.05, 0) is 41.9 Å². The summed E-state index contributed by atoms with van der Waals surface area (Å²) in [6.07, 6.45) is 0. The third-order valence-corrected chi connectivity index (χ3v) is 2.68. The van der Waals surface area contributed by atoms with Gasteiger partial charge in [0.25, 0.3) is 0 Å². The number of hydrogen-bond acceptors (Lipinski definition) is 3. The van der Waals surface area contributed by atoms with Crippen LogP contribution in [-0.4, -0.2) is 12.4 Å². The van der Waals surface area contributed by atoms with Crippen molar-refractivity contribution in [2.45, 2.75) is 13.8 Å². The van der Waals surface area contributed by atoms with Crippen molar-refractivity contribution >= 4 is 21.7 Å². The van der Waals surface area contributed by atoms with Gasteiger partial charge in [0.2, 0.25) is 0 Å². The van der Waals surface area contributed by atoms with Gasteiger partial charge in [0.05, 0.1) is 16.6 Å². The van der Waals surface area contributed by atoms with Crippen LogP contribution < -0.4 is 4.74 Å². The molecule has 3 nitrogen and oxygen atoms in total. The Bertz CT molecular complexity index is 435. The molecular formula is C11H10BrNO2. The molecule has 1 aromatic carbocycles. The van der Waals surface area contributed by atoms with E-state index in [0.29, 0.717) is 28.0 Å². The molecule has 4 heteroatoms. The number of halogens is 1. The minimum atomic E-state index is -0.0834. The molecule has 0 aliphatic rings. The van der Waals surface area contributed by atoms with E-state index in [4.69, 9.17) is 10.00 Å². The van der Waals surface area contributed by atoms with Gasteiger partial charge in [-0.2, -0.15) is 5.26 Å². The van der Waals surface area contributed by atoms with Gasteiger partial charge in [-0.15, -0.1) is 0 Å². The van der Waals surface area contributed by atoms with Gasteiger partial charge >= 0.3 is 0 Å². The number of nitrogens with zero attached hydrogens (tertiary/aromatic N) is 1. The number of ketones is 1. The topological polar surface area (TPSA) is 50.1 Å². The quantitative estimate of drug-likeness (QED) is 0.792. The molecule has 0 fully saturated rings. The van der Waals surface area contributed by atoms with Gasteiger partial charge in [0, 0.05) is 5.56 Å². The van der Waals surface area contributed by atoms with E-state index in [1.54, 1.807) is 12.1 Å². The Labute approximate surface area is 96.8 Å². The lowest BCUT2D eigenvalue weighted by molar-refractivity contribution is 0.101. The molecule has 15 heavy (non-hydrogen) atoms. The largest absolute Gasteiger partial charge is 0.493 e. The van der Waals surface area contributed by atoms with Crippen LogP contribution in [0.4, 0.5) is 0 Å². The molecule has 0 spiro atoms. The first-order chi connectivity index (χ1) is 7.10. The maximum atomic E-state index is 11.2. The van der Waals surface area contributed by atoms with E-state index >= 15 is 0 Å². The fourth-order valence-corrected chi connectivity index (χ4v) is 1.58. The number of benzene rings is 1. The number of rotatable bonds is 3. The van der Waals surface area contributed by atoms with E-state index in [0.717, 1.165) is 0 Å².